The maximum Gasteiger partial charge on any atom is 0.246 e. The maximum absolute atomic E-state index is 4.24. The molecule has 0 aliphatic heterocycles. The van der Waals surface area contributed by atoms with E-state index in [2.05, 4.69) is 40.1 Å². The number of pyridine rings is 2. The number of nitrogens with zero attached hydrogens (tertiary/aromatic N) is 3. The molecule has 0 atom stereocenters. The molecule has 0 saturated heterocycles. The van der Waals surface area contributed by atoms with E-state index in [1.54, 1.807) is 19.4 Å². The van der Waals surface area contributed by atoms with Gasteiger partial charge in [0.25, 0.3) is 0 Å². The number of allylic oxidation sites excluding steroid dienone is 2. The van der Waals surface area contributed by atoms with E-state index < -0.39 is 0 Å². The summed E-state index contributed by atoms with van der Waals surface area (Å²) in [6.07, 6.45) is 12.5. The Hall–Kier alpha value is -2.23. The minimum Gasteiger partial charge on any atom is -0.297 e. The standard InChI is InChI=1S/C16H18BN3.C2H6/c1-3-6-14(11-18-2)17(15-7-4-9-19-12-15)16-8-5-10-20-13-16;1-2/h4-13H,3H2,1-2H3;1-2H3/b14-6+,18-11?;. The molecule has 0 radical (unpaired) electrons. The van der Waals surface area contributed by atoms with E-state index in [9.17, 15) is 0 Å². The van der Waals surface area contributed by atoms with Gasteiger partial charge in [0.1, 0.15) is 0 Å². The van der Waals surface area contributed by atoms with Crippen LogP contribution in [0.4, 0.5) is 0 Å². The van der Waals surface area contributed by atoms with Crippen LogP contribution in [0.5, 0.6) is 0 Å². The van der Waals surface area contributed by atoms with Gasteiger partial charge in [-0.2, -0.15) is 0 Å². The summed E-state index contributed by atoms with van der Waals surface area (Å²) in [6.45, 7) is 6.26. The third kappa shape index (κ3) is 4.95. The number of rotatable bonds is 5. The maximum atomic E-state index is 4.24. The molecule has 2 rings (SSSR count). The van der Waals surface area contributed by atoms with Crippen LogP contribution in [0.3, 0.4) is 0 Å². The van der Waals surface area contributed by atoms with Gasteiger partial charge in [0, 0.05) is 38.0 Å². The monoisotopic (exact) mass is 293 g/mol. The zero-order valence-electron chi connectivity index (χ0n) is 13.9. The van der Waals surface area contributed by atoms with Gasteiger partial charge in [-0.1, -0.05) is 55.4 Å². The van der Waals surface area contributed by atoms with Gasteiger partial charge in [0.15, 0.2) is 0 Å². The van der Waals surface area contributed by atoms with Crippen LogP contribution >= 0.6 is 0 Å². The van der Waals surface area contributed by atoms with Gasteiger partial charge < -0.3 is 0 Å². The second kappa shape index (κ2) is 10.5. The Kier molecular flexibility index (Phi) is 8.50. The van der Waals surface area contributed by atoms with Gasteiger partial charge in [0.05, 0.1) is 0 Å². The van der Waals surface area contributed by atoms with Crippen LogP contribution in [0, 0.1) is 0 Å². The summed E-state index contributed by atoms with van der Waals surface area (Å²) in [7, 11) is 1.80. The van der Waals surface area contributed by atoms with E-state index in [0.717, 1.165) is 17.3 Å². The van der Waals surface area contributed by atoms with Crippen LogP contribution in [-0.2, 0) is 0 Å². The fraction of sp³-hybridized carbons (Fsp3) is 0.278. The number of aliphatic imine (C=N–C) groups is 1. The largest absolute Gasteiger partial charge is 0.297 e. The van der Waals surface area contributed by atoms with Gasteiger partial charge in [-0.25, -0.2) is 0 Å². The molecule has 2 aromatic rings. The molecule has 0 aliphatic rings. The minimum absolute atomic E-state index is 0.126. The molecule has 0 N–H and O–H groups in total. The van der Waals surface area contributed by atoms with E-state index in [4.69, 9.17) is 0 Å². The summed E-state index contributed by atoms with van der Waals surface area (Å²) in [6, 6.07) is 8.12. The molecule has 0 spiro atoms. The molecule has 114 valence electrons. The Bertz CT molecular complexity index is 540. The highest BCUT2D eigenvalue weighted by Crippen LogP contribution is 2.02. The minimum atomic E-state index is 0.126. The topological polar surface area (TPSA) is 38.1 Å². The quantitative estimate of drug-likeness (QED) is 0.628. The molecule has 0 amide bonds. The molecule has 2 heterocycles. The lowest BCUT2D eigenvalue weighted by Crippen LogP contribution is -2.45. The van der Waals surface area contributed by atoms with Crippen LogP contribution in [0.15, 0.2) is 65.6 Å². The zero-order chi connectivity index (χ0) is 16.2. The van der Waals surface area contributed by atoms with Crippen molar-refractivity contribution >= 4 is 23.9 Å². The van der Waals surface area contributed by atoms with Gasteiger partial charge in [0.2, 0.25) is 6.71 Å². The first-order valence-corrected chi connectivity index (χ1v) is 7.78. The third-order valence-corrected chi connectivity index (χ3v) is 3.09. The molecule has 22 heavy (non-hydrogen) atoms. The normalized spacial score (nSPS) is 11.0. The molecular formula is C18H24BN3. The smallest absolute Gasteiger partial charge is 0.246 e. The molecule has 0 fully saturated rings. The van der Waals surface area contributed by atoms with Crippen LogP contribution in [0.2, 0.25) is 0 Å². The highest BCUT2D eigenvalue weighted by Gasteiger charge is 2.22. The van der Waals surface area contributed by atoms with E-state index in [-0.39, 0.29) is 6.71 Å². The van der Waals surface area contributed by atoms with Crippen molar-refractivity contribution in [1.29, 1.82) is 0 Å². The first kappa shape index (κ1) is 17.8. The highest BCUT2D eigenvalue weighted by molar-refractivity contribution is 6.93. The van der Waals surface area contributed by atoms with Crippen LogP contribution in [0.25, 0.3) is 0 Å². The van der Waals surface area contributed by atoms with Gasteiger partial charge in [-0.05, 0) is 18.6 Å². The summed E-state index contributed by atoms with van der Waals surface area (Å²) >= 11 is 0. The molecule has 0 bridgehead atoms. The average Bonchev–Trinajstić information content (AvgIpc) is 2.59. The van der Waals surface area contributed by atoms with E-state index in [1.165, 1.54) is 5.47 Å². The van der Waals surface area contributed by atoms with Crippen molar-refractivity contribution in [2.75, 3.05) is 7.05 Å². The lowest BCUT2D eigenvalue weighted by molar-refractivity contribution is 1.22. The molecule has 0 aromatic carbocycles. The molecule has 2 aromatic heterocycles. The summed E-state index contributed by atoms with van der Waals surface area (Å²) < 4.78 is 0. The molecule has 3 nitrogen and oxygen atoms in total. The summed E-state index contributed by atoms with van der Waals surface area (Å²) in [4.78, 5) is 12.7. The summed E-state index contributed by atoms with van der Waals surface area (Å²) in [5, 5.41) is 0. The average molecular weight is 293 g/mol. The van der Waals surface area contributed by atoms with Crippen molar-refractivity contribution in [3.8, 4) is 0 Å². The van der Waals surface area contributed by atoms with Crippen molar-refractivity contribution in [3.05, 3.63) is 60.6 Å². The van der Waals surface area contributed by atoms with Crippen LogP contribution in [0.1, 0.15) is 27.2 Å². The second-order valence-electron chi connectivity index (χ2n) is 4.51. The van der Waals surface area contributed by atoms with Crippen molar-refractivity contribution in [1.82, 2.24) is 9.97 Å². The van der Waals surface area contributed by atoms with E-state index in [0.29, 0.717) is 0 Å². The Balaban J connectivity index is 0.00000116. The first-order chi connectivity index (χ1) is 10.9. The summed E-state index contributed by atoms with van der Waals surface area (Å²) in [5.74, 6) is 0. The second-order valence-corrected chi connectivity index (χ2v) is 4.51. The molecule has 0 aliphatic carbocycles. The van der Waals surface area contributed by atoms with Crippen LogP contribution < -0.4 is 10.9 Å². The SMILES string of the molecule is CC.CC/C=C(\C=NC)B(c1cccnc1)c1cccnc1. The van der Waals surface area contributed by atoms with Crippen molar-refractivity contribution in [2.45, 2.75) is 27.2 Å². The third-order valence-electron chi connectivity index (χ3n) is 3.09. The lowest BCUT2D eigenvalue weighted by atomic mass is 9.36. The predicted octanol–water partition coefficient (Wildman–Crippen LogP) is 2.69. The molecular weight excluding hydrogens is 269 g/mol. The van der Waals surface area contributed by atoms with Crippen LogP contribution in [-0.4, -0.2) is 29.9 Å². The predicted molar refractivity (Wildman–Crippen MR) is 97.6 cm³/mol. The Morgan fingerprint density at radius 3 is 2.00 bits per heavy atom. The van der Waals surface area contributed by atoms with Crippen molar-refractivity contribution < 1.29 is 0 Å². The Morgan fingerprint density at radius 1 is 1.09 bits per heavy atom. The Labute approximate surface area is 134 Å². The van der Waals surface area contributed by atoms with Gasteiger partial charge in [-0.3, -0.25) is 15.0 Å². The molecule has 0 saturated carbocycles. The van der Waals surface area contributed by atoms with Crippen molar-refractivity contribution in [2.24, 2.45) is 4.99 Å². The first-order valence-electron chi connectivity index (χ1n) is 7.78. The fourth-order valence-corrected chi connectivity index (χ4v) is 2.30. The lowest BCUT2D eigenvalue weighted by Gasteiger charge is -2.15. The number of hydrogen-bond donors (Lipinski definition) is 0. The zero-order valence-corrected chi connectivity index (χ0v) is 13.9. The number of aromatic nitrogens is 2. The molecule has 0 unspecified atom stereocenters. The summed E-state index contributed by atoms with van der Waals surface area (Å²) in [5.41, 5.74) is 3.48. The van der Waals surface area contributed by atoms with Crippen molar-refractivity contribution in [3.63, 3.8) is 0 Å². The Morgan fingerprint density at radius 2 is 1.64 bits per heavy atom. The van der Waals surface area contributed by atoms with E-state index >= 15 is 0 Å². The molecule has 4 heteroatoms. The van der Waals surface area contributed by atoms with Gasteiger partial charge in [-0.15, -0.1) is 0 Å². The van der Waals surface area contributed by atoms with E-state index in [1.807, 2.05) is 44.6 Å². The fourth-order valence-electron chi connectivity index (χ4n) is 2.30. The van der Waals surface area contributed by atoms with Gasteiger partial charge >= 0.3 is 0 Å². The highest BCUT2D eigenvalue weighted by atomic mass is 14.6. The number of hydrogen-bond acceptors (Lipinski definition) is 3.